The van der Waals surface area contributed by atoms with Gasteiger partial charge in [-0.05, 0) is 26.2 Å². The lowest BCUT2D eigenvalue weighted by molar-refractivity contribution is -0.160. The van der Waals surface area contributed by atoms with Crippen LogP contribution in [0.15, 0.2) is 0 Å². The molecule has 3 unspecified atom stereocenters. The second kappa shape index (κ2) is 5.61. The molecule has 0 aliphatic heterocycles. The first kappa shape index (κ1) is 12.6. The molecule has 0 aromatic carbocycles. The van der Waals surface area contributed by atoms with Gasteiger partial charge in [-0.25, -0.2) is 0 Å². The number of carbonyl (C=O) groups excluding carboxylic acids is 1. The van der Waals surface area contributed by atoms with E-state index in [4.69, 9.17) is 11.6 Å². The minimum absolute atomic E-state index is 0.0950. The van der Waals surface area contributed by atoms with Crippen LogP contribution in [0.3, 0.4) is 0 Å². The van der Waals surface area contributed by atoms with Gasteiger partial charge in [0.05, 0.1) is 6.10 Å². The fourth-order valence-electron chi connectivity index (χ4n) is 1.66. The minimum Gasteiger partial charge on any atom is -0.352 e. The van der Waals surface area contributed by atoms with Crippen LogP contribution in [0.2, 0.25) is 0 Å². The standard InChI is InChI=1S/C9H14ClF2NO2/c1-5(10)8(14)13-6-2-3-7(4-6)15-9(11)12/h5-7,9H,2-4H2,1H3,(H,13,14). The van der Waals surface area contributed by atoms with Crippen molar-refractivity contribution in [2.45, 2.75) is 50.3 Å². The van der Waals surface area contributed by atoms with Crippen molar-refractivity contribution in [1.29, 1.82) is 0 Å². The molecule has 1 aliphatic carbocycles. The molecule has 0 aromatic rings. The molecule has 6 heteroatoms. The molecule has 1 saturated carbocycles. The van der Waals surface area contributed by atoms with Crippen molar-refractivity contribution >= 4 is 17.5 Å². The molecule has 1 fully saturated rings. The van der Waals surface area contributed by atoms with E-state index in [2.05, 4.69) is 10.1 Å². The number of amides is 1. The number of nitrogens with one attached hydrogen (secondary N) is 1. The Labute approximate surface area is 92.1 Å². The molecule has 0 saturated heterocycles. The summed E-state index contributed by atoms with van der Waals surface area (Å²) in [7, 11) is 0. The monoisotopic (exact) mass is 241 g/mol. The SMILES string of the molecule is CC(Cl)C(=O)NC1CCC(OC(F)F)C1. The zero-order valence-electron chi connectivity index (χ0n) is 8.38. The minimum atomic E-state index is -2.74. The summed E-state index contributed by atoms with van der Waals surface area (Å²) in [5.74, 6) is -0.264. The Bertz CT molecular complexity index is 226. The van der Waals surface area contributed by atoms with E-state index < -0.39 is 18.1 Å². The Hall–Kier alpha value is -0.420. The average Bonchev–Trinajstić information content (AvgIpc) is 2.51. The van der Waals surface area contributed by atoms with Crippen LogP contribution in [0.25, 0.3) is 0 Å². The highest BCUT2D eigenvalue weighted by molar-refractivity contribution is 6.30. The first-order chi connectivity index (χ1) is 6.99. The molecule has 0 bridgehead atoms. The molecule has 1 aliphatic rings. The number of carbonyl (C=O) groups is 1. The molecule has 3 atom stereocenters. The van der Waals surface area contributed by atoms with Gasteiger partial charge in [-0.3, -0.25) is 4.79 Å². The van der Waals surface area contributed by atoms with Crippen LogP contribution in [0.5, 0.6) is 0 Å². The van der Waals surface area contributed by atoms with Crippen LogP contribution in [0, 0.1) is 0 Å². The van der Waals surface area contributed by atoms with Crippen LogP contribution in [-0.4, -0.2) is 30.0 Å². The lowest BCUT2D eigenvalue weighted by Crippen LogP contribution is -2.37. The molecule has 0 radical (unpaired) electrons. The van der Waals surface area contributed by atoms with Gasteiger partial charge in [-0.15, -0.1) is 11.6 Å². The average molecular weight is 242 g/mol. The number of alkyl halides is 3. The van der Waals surface area contributed by atoms with Crippen LogP contribution in [-0.2, 0) is 9.53 Å². The normalized spacial score (nSPS) is 28.1. The van der Waals surface area contributed by atoms with Gasteiger partial charge in [-0.1, -0.05) is 0 Å². The van der Waals surface area contributed by atoms with Crippen molar-refractivity contribution in [1.82, 2.24) is 5.32 Å². The Kier molecular flexibility index (Phi) is 4.73. The van der Waals surface area contributed by atoms with Crippen molar-refractivity contribution in [2.24, 2.45) is 0 Å². The highest BCUT2D eigenvalue weighted by Gasteiger charge is 2.29. The molecular weight excluding hydrogens is 228 g/mol. The summed E-state index contributed by atoms with van der Waals surface area (Å²) in [6.45, 7) is -1.17. The Morgan fingerprint density at radius 3 is 2.73 bits per heavy atom. The maximum atomic E-state index is 11.9. The van der Waals surface area contributed by atoms with Crippen molar-refractivity contribution in [3.63, 3.8) is 0 Å². The quantitative estimate of drug-likeness (QED) is 0.764. The summed E-state index contributed by atoms with van der Waals surface area (Å²) in [6.07, 6.45) is 1.18. The molecular formula is C9H14ClF2NO2. The second-order valence-corrected chi connectivity index (χ2v) is 4.31. The van der Waals surface area contributed by atoms with Crippen LogP contribution in [0.4, 0.5) is 8.78 Å². The lowest BCUT2D eigenvalue weighted by Gasteiger charge is -2.14. The lowest BCUT2D eigenvalue weighted by atomic mass is 10.2. The van der Waals surface area contributed by atoms with Gasteiger partial charge in [0, 0.05) is 6.04 Å². The summed E-state index contributed by atoms with van der Waals surface area (Å²) in [4.78, 5) is 11.2. The number of hydrogen-bond donors (Lipinski definition) is 1. The number of halogens is 3. The van der Waals surface area contributed by atoms with E-state index in [-0.39, 0.29) is 11.9 Å². The molecule has 15 heavy (non-hydrogen) atoms. The number of rotatable bonds is 4. The van der Waals surface area contributed by atoms with E-state index in [1.807, 2.05) is 0 Å². The van der Waals surface area contributed by atoms with Crippen molar-refractivity contribution in [3.05, 3.63) is 0 Å². The molecule has 1 N–H and O–H groups in total. The summed E-state index contributed by atoms with van der Waals surface area (Å²) < 4.78 is 28.1. The van der Waals surface area contributed by atoms with E-state index in [1.165, 1.54) is 0 Å². The highest BCUT2D eigenvalue weighted by Crippen LogP contribution is 2.23. The summed E-state index contributed by atoms with van der Waals surface area (Å²) in [5.41, 5.74) is 0. The van der Waals surface area contributed by atoms with Crippen molar-refractivity contribution in [2.75, 3.05) is 0 Å². The summed E-state index contributed by atoms with van der Waals surface area (Å²) in [6, 6.07) is -0.0950. The molecule has 0 spiro atoms. The first-order valence-corrected chi connectivity index (χ1v) is 5.30. The molecule has 1 rings (SSSR count). The summed E-state index contributed by atoms with van der Waals surface area (Å²) >= 11 is 5.56. The van der Waals surface area contributed by atoms with E-state index >= 15 is 0 Å². The van der Waals surface area contributed by atoms with Gasteiger partial charge in [0.15, 0.2) is 0 Å². The Morgan fingerprint density at radius 2 is 2.20 bits per heavy atom. The van der Waals surface area contributed by atoms with E-state index in [9.17, 15) is 13.6 Å². The van der Waals surface area contributed by atoms with Gasteiger partial charge in [0.2, 0.25) is 5.91 Å². The van der Waals surface area contributed by atoms with Gasteiger partial charge in [-0.2, -0.15) is 8.78 Å². The molecule has 3 nitrogen and oxygen atoms in total. The van der Waals surface area contributed by atoms with E-state index in [0.717, 1.165) is 0 Å². The number of hydrogen-bond acceptors (Lipinski definition) is 2. The smallest absolute Gasteiger partial charge is 0.345 e. The van der Waals surface area contributed by atoms with Gasteiger partial charge in [0.25, 0.3) is 0 Å². The predicted molar refractivity (Wildman–Crippen MR) is 52.0 cm³/mol. The highest BCUT2D eigenvalue weighted by atomic mass is 35.5. The fraction of sp³-hybridized carbons (Fsp3) is 0.889. The molecule has 0 heterocycles. The predicted octanol–water partition coefficient (Wildman–Crippen LogP) is 1.89. The first-order valence-electron chi connectivity index (χ1n) is 4.87. The third-order valence-electron chi connectivity index (χ3n) is 2.39. The zero-order valence-corrected chi connectivity index (χ0v) is 9.14. The largest absolute Gasteiger partial charge is 0.352 e. The maximum Gasteiger partial charge on any atom is 0.345 e. The summed E-state index contributed by atoms with van der Waals surface area (Å²) in [5, 5.41) is 2.09. The van der Waals surface area contributed by atoms with Gasteiger partial charge in [0.1, 0.15) is 5.38 Å². The van der Waals surface area contributed by atoms with Crippen molar-refractivity contribution < 1.29 is 18.3 Å². The molecule has 88 valence electrons. The third kappa shape index (κ3) is 4.30. The fourth-order valence-corrected chi connectivity index (χ4v) is 1.72. The third-order valence-corrected chi connectivity index (χ3v) is 2.59. The van der Waals surface area contributed by atoms with Crippen LogP contribution >= 0.6 is 11.6 Å². The van der Waals surface area contributed by atoms with Gasteiger partial charge < -0.3 is 10.1 Å². The second-order valence-electron chi connectivity index (χ2n) is 3.65. The van der Waals surface area contributed by atoms with E-state index in [1.54, 1.807) is 6.92 Å². The van der Waals surface area contributed by atoms with Crippen LogP contribution < -0.4 is 5.32 Å². The van der Waals surface area contributed by atoms with Crippen LogP contribution in [0.1, 0.15) is 26.2 Å². The maximum absolute atomic E-state index is 11.9. The Balaban J connectivity index is 2.27. The number of ether oxygens (including phenoxy) is 1. The topological polar surface area (TPSA) is 38.3 Å². The molecule has 0 aromatic heterocycles. The van der Waals surface area contributed by atoms with Crippen molar-refractivity contribution in [3.8, 4) is 0 Å². The molecule has 1 amide bonds. The van der Waals surface area contributed by atoms with Gasteiger partial charge >= 0.3 is 6.61 Å². The van der Waals surface area contributed by atoms with E-state index in [0.29, 0.717) is 19.3 Å². The zero-order chi connectivity index (χ0) is 11.4. The Morgan fingerprint density at radius 1 is 1.53 bits per heavy atom.